The first-order valence-electron chi connectivity index (χ1n) is 8.57. The summed E-state index contributed by atoms with van der Waals surface area (Å²) in [5.41, 5.74) is 3.86. The lowest BCUT2D eigenvalue weighted by molar-refractivity contribution is -0.678. The molecule has 1 N–H and O–H groups in total. The zero-order valence-electron chi connectivity index (χ0n) is 14.1. The number of aromatic amines is 1. The molecule has 1 heterocycles. The van der Waals surface area contributed by atoms with Crippen LogP contribution in [0, 0.1) is 0 Å². The molecule has 120 valence electrons. The van der Waals surface area contributed by atoms with Gasteiger partial charge in [0.1, 0.15) is 6.54 Å². The standard InChI is InChI=1S/C20H25N3/c1-3-22(4-2)14-15-23-19-13-9-8-12-18(19)21-20(23)16-17-10-6-5-7-11-17/h5-13H,3-4,14-16H2,1-2H3/p+1. The average Bonchev–Trinajstić information content (AvgIpc) is 2.94. The zero-order chi connectivity index (χ0) is 16.1. The van der Waals surface area contributed by atoms with E-state index < -0.39 is 0 Å². The molecule has 3 aromatic rings. The maximum atomic E-state index is 3.62. The smallest absolute Gasteiger partial charge is 0.259 e. The molecule has 2 aromatic carbocycles. The van der Waals surface area contributed by atoms with Crippen molar-refractivity contribution in [3.63, 3.8) is 0 Å². The molecule has 0 saturated heterocycles. The van der Waals surface area contributed by atoms with Gasteiger partial charge < -0.3 is 0 Å². The summed E-state index contributed by atoms with van der Waals surface area (Å²) in [6.07, 6.45) is 0.938. The number of hydrogen-bond acceptors (Lipinski definition) is 1. The molecule has 3 rings (SSSR count). The topological polar surface area (TPSA) is 22.9 Å². The van der Waals surface area contributed by atoms with Gasteiger partial charge in [0.25, 0.3) is 5.82 Å². The molecule has 1 aromatic heterocycles. The number of imidazole rings is 1. The molecule has 0 spiro atoms. The Balaban J connectivity index is 1.91. The predicted molar refractivity (Wildman–Crippen MR) is 95.5 cm³/mol. The first kappa shape index (κ1) is 15.8. The number of benzene rings is 2. The predicted octanol–water partition coefficient (Wildman–Crippen LogP) is 3.39. The molecule has 0 radical (unpaired) electrons. The fourth-order valence-electron chi connectivity index (χ4n) is 3.15. The van der Waals surface area contributed by atoms with Crippen LogP contribution in [0.25, 0.3) is 11.0 Å². The van der Waals surface area contributed by atoms with Crippen LogP contribution >= 0.6 is 0 Å². The van der Waals surface area contributed by atoms with Crippen molar-refractivity contribution < 1.29 is 4.57 Å². The minimum Gasteiger partial charge on any atom is -0.300 e. The van der Waals surface area contributed by atoms with Gasteiger partial charge in [-0.15, -0.1) is 0 Å². The van der Waals surface area contributed by atoms with E-state index in [1.807, 2.05) is 0 Å². The van der Waals surface area contributed by atoms with Crippen LogP contribution in [0.1, 0.15) is 25.2 Å². The number of likely N-dealkylation sites (N-methyl/N-ethyl adjacent to an activating group) is 1. The number of nitrogens with one attached hydrogen (secondary N) is 1. The number of aromatic nitrogens is 2. The maximum Gasteiger partial charge on any atom is 0.259 e. The average molecular weight is 308 g/mol. The highest BCUT2D eigenvalue weighted by Crippen LogP contribution is 2.12. The maximum absolute atomic E-state index is 3.62. The largest absolute Gasteiger partial charge is 0.300 e. The summed E-state index contributed by atoms with van der Waals surface area (Å²) in [6, 6.07) is 19.3. The first-order chi connectivity index (χ1) is 11.3. The van der Waals surface area contributed by atoms with Crippen molar-refractivity contribution in [2.24, 2.45) is 0 Å². The first-order valence-corrected chi connectivity index (χ1v) is 8.57. The lowest BCUT2D eigenvalue weighted by Crippen LogP contribution is -2.43. The third-order valence-electron chi connectivity index (χ3n) is 4.55. The minimum absolute atomic E-state index is 0.938. The van der Waals surface area contributed by atoms with E-state index in [0.29, 0.717) is 0 Å². The lowest BCUT2D eigenvalue weighted by atomic mass is 10.1. The molecule has 0 aliphatic rings. The second kappa shape index (κ2) is 7.42. The minimum atomic E-state index is 0.938. The summed E-state index contributed by atoms with van der Waals surface area (Å²) >= 11 is 0. The Morgan fingerprint density at radius 2 is 1.61 bits per heavy atom. The van der Waals surface area contributed by atoms with Gasteiger partial charge in [-0.2, -0.15) is 0 Å². The van der Waals surface area contributed by atoms with Crippen molar-refractivity contribution in [1.82, 2.24) is 9.88 Å². The SMILES string of the molecule is CCN(CC)CC[n+]1c(Cc2ccccc2)[nH]c2ccccc21. The van der Waals surface area contributed by atoms with E-state index in [9.17, 15) is 0 Å². The number of para-hydroxylation sites is 2. The van der Waals surface area contributed by atoms with E-state index in [2.05, 4.69) is 82.9 Å². The lowest BCUT2D eigenvalue weighted by Gasteiger charge is -2.16. The molecular formula is C20H26N3+. The molecule has 0 saturated carbocycles. The molecule has 0 fully saturated rings. The van der Waals surface area contributed by atoms with Gasteiger partial charge in [-0.1, -0.05) is 56.3 Å². The van der Waals surface area contributed by atoms with Gasteiger partial charge in [-0.3, -0.25) is 4.90 Å². The Morgan fingerprint density at radius 1 is 0.913 bits per heavy atom. The molecule has 3 heteroatoms. The van der Waals surface area contributed by atoms with E-state index in [0.717, 1.165) is 32.6 Å². The normalized spacial score (nSPS) is 11.4. The van der Waals surface area contributed by atoms with Gasteiger partial charge in [0.05, 0.1) is 6.42 Å². The summed E-state index contributed by atoms with van der Waals surface area (Å²) in [7, 11) is 0. The molecule has 0 amide bonds. The molecule has 0 bridgehead atoms. The highest BCUT2D eigenvalue weighted by atomic mass is 15.2. The molecule has 23 heavy (non-hydrogen) atoms. The van der Waals surface area contributed by atoms with Gasteiger partial charge in [-0.05, 0) is 30.8 Å². The Labute approximate surface area is 138 Å². The molecule has 0 atom stereocenters. The summed E-state index contributed by atoms with van der Waals surface area (Å²) < 4.78 is 2.45. The third-order valence-corrected chi connectivity index (χ3v) is 4.55. The van der Waals surface area contributed by atoms with Crippen LogP contribution in [0.15, 0.2) is 54.6 Å². The van der Waals surface area contributed by atoms with Crippen molar-refractivity contribution in [3.8, 4) is 0 Å². The fourth-order valence-corrected chi connectivity index (χ4v) is 3.15. The highest BCUT2D eigenvalue weighted by Gasteiger charge is 2.18. The van der Waals surface area contributed by atoms with Crippen LogP contribution < -0.4 is 4.57 Å². The molecular weight excluding hydrogens is 282 g/mol. The second-order valence-electron chi connectivity index (χ2n) is 5.93. The van der Waals surface area contributed by atoms with Crippen molar-refractivity contribution in [2.75, 3.05) is 19.6 Å². The van der Waals surface area contributed by atoms with E-state index >= 15 is 0 Å². The van der Waals surface area contributed by atoms with Gasteiger partial charge in [-0.25, -0.2) is 9.55 Å². The Kier molecular flexibility index (Phi) is 5.09. The number of fused-ring (bicyclic) bond motifs is 1. The van der Waals surface area contributed by atoms with E-state index in [4.69, 9.17) is 0 Å². The number of hydrogen-bond donors (Lipinski definition) is 1. The monoisotopic (exact) mass is 308 g/mol. The number of H-pyrrole nitrogens is 1. The zero-order valence-corrected chi connectivity index (χ0v) is 14.1. The molecule has 3 nitrogen and oxygen atoms in total. The quantitative estimate of drug-likeness (QED) is 0.664. The summed E-state index contributed by atoms with van der Waals surface area (Å²) in [6.45, 7) is 8.78. The van der Waals surface area contributed by atoms with Crippen molar-refractivity contribution in [2.45, 2.75) is 26.8 Å². The van der Waals surface area contributed by atoms with Gasteiger partial charge in [0.2, 0.25) is 0 Å². The van der Waals surface area contributed by atoms with E-state index in [1.54, 1.807) is 0 Å². The Hall–Kier alpha value is -2.13. The fraction of sp³-hybridized carbons (Fsp3) is 0.350. The summed E-state index contributed by atoms with van der Waals surface area (Å²) in [4.78, 5) is 6.09. The van der Waals surface area contributed by atoms with Crippen molar-refractivity contribution in [3.05, 3.63) is 66.0 Å². The van der Waals surface area contributed by atoms with Crippen LogP contribution in [0.2, 0.25) is 0 Å². The highest BCUT2D eigenvalue weighted by molar-refractivity contribution is 5.71. The van der Waals surface area contributed by atoms with Gasteiger partial charge in [0, 0.05) is 6.54 Å². The number of nitrogens with zero attached hydrogens (tertiary/aromatic N) is 2. The van der Waals surface area contributed by atoms with E-state index in [-0.39, 0.29) is 0 Å². The third kappa shape index (κ3) is 3.62. The van der Waals surface area contributed by atoms with Crippen LogP contribution in [0.3, 0.4) is 0 Å². The van der Waals surface area contributed by atoms with Crippen molar-refractivity contribution in [1.29, 1.82) is 0 Å². The van der Waals surface area contributed by atoms with Crippen LogP contribution in [0.4, 0.5) is 0 Å². The number of rotatable bonds is 7. The van der Waals surface area contributed by atoms with Crippen molar-refractivity contribution >= 4 is 11.0 Å². The Morgan fingerprint density at radius 3 is 2.35 bits per heavy atom. The molecule has 0 aliphatic carbocycles. The van der Waals surface area contributed by atoms with Crippen LogP contribution in [-0.2, 0) is 13.0 Å². The molecule has 0 aliphatic heterocycles. The Bertz CT molecular complexity index is 742. The molecule has 0 unspecified atom stereocenters. The second-order valence-corrected chi connectivity index (χ2v) is 5.93. The summed E-state index contributed by atoms with van der Waals surface area (Å²) in [5.74, 6) is 1.28. The van der Waals surface area contributed by atoms with Crippen LogP contribution in [0.5, 0.6) is 0 Å². The van der Waals surface area contributed by atoms with Crippen LogP contribution in [-0.4, -0.2) is 29.5 Å². The summed E-state index contributed by atoms with van der Waals surface area (Å²) in [5, 5.41) is 0. The van der Waals surface area contributed by atoms with Gasteiger partial charge in [0.15, 0.2) is 11.0 Å². The van der Waals surface area contributed by atoms with E-state index in [1.165, 1.54) is 22.4 Å². The van der Waals surface area contributed by atoms with Gasteiger partial charge >= 0.3 is 0 Å².